The smallest absolute Gasteiger partial charge is 0.368 e. The number of anilines is 3. The summed E-state index contributed by atoms with van der Waals surface area (Å²) in [5.74, 6) is -70.0. The summed E-state index contributed by atoms with van der Waals surface area (Å²) in [6.45, 7) is 0. The van der Waals surface area contributed by atoms with Crippen LogP contribution in [0.2, 0.25) is 0 Å². The molecule has 0 saturated carbocycles. The van der Waals surface area contributed by atoms with Crippen molar-refractivity contribution in [1.82, 2.24) is 20.3 Å². The topological polar surface area (TPSA) is 123 Å². The molecule has 1 heterocycles. The summed E-state index contributed by atoms with van der Waals surface area (Å²) in [7, 11) is 0. The monoisotopic (exact) mass is 705 g/mol. The third kappa shape index (κ3) is 5.21. The van der Waals surface area contributed by atoms with Gasteiger partial charge in [0.2, 0.25) is 11.9 Å². The molecule has 0 radical (unpaired) electrons. The van der Waals surface area contributed by atoms with Gasteiger partial charge in [0.1, 0.15) is 0 Å². The first-order valence-electron chi connectivity index (χ1n) is 9.46. The summed E-state index contributed by atoms with van der Waals surface area (Å²) < 4.78 is 294. The third-order valence-electron chi connectivity index (χ3n) is 4.74. The summed E-state index contributed by atoms with van der Waals surface area (Å²) >= 11 is 0. The predicted octanol–water partition coefficient (Wildman–Crippen LogP) is 5.04. The SMILES string of the molecule is Nc1nc(N)nc(N(F)C(F)(F)C(F)(F)C(F)(F)C(F)(F)C(F)(F)C(F)(F)NC(=O)C(F)(F)C(F)(F)C(F)(F)C(F)(F)F)n1. The van der Waals surface area contributed by atoms with E-state index in [0.29, 0.717) is 0 Å². The lowest BCUT2D eigenvalue weighted by atomic mass is 9.95. The van der Waals surface area contributed by atoms with Crippen molar-refractivity contribution in [2.24, 2.45) is 0 Å². The van der Waals surface area contributed by atoms with Crippen molar-refractivity contribution in [3.8, 4) is 0 Å². The minimum atomic E-state index is -8.87. The lowest BCUT2D eigenvalue weighted by Gasteiger charge is -2.42. The minimum Gasteiger partial charge on any atom is -0.368 e. The molecule has 0 aliphatic carbocycles. The number of carbonyl (C=O) groups is 1. The van der Waals surface area contributed by atoms with Crippen LogP contribution in [0.4, 0.5) is 115 Å². The van der Waals surface area contributed by atoms with Crippen LogP contribution in [-0.2, 0) is 4.79 Å². The van der Waals surface area contributed by atoms with Crippen molar-refractivity contribution in [2.75, 3.05) is 16.6 Å². The lowest BCUT2D eigenvalue weighted by Crippen LogP contribution is -2.75. The van der Waals surface area contributed by atoms with E-state index in [9.17, 15) is 101 Å². The average molecular weight is 705 g/mol. The fourth-order valence-electron chi connectivity index (χ4n) is 2.33. The number of nitrogens with zero attached hydrogens (tertiary/aromatic N) is 4. The molecular formula is C14H5F22N7O. The first-order valence-corrected chi connectivity index (χ1v) is 9.46. The number of halogens is 22. The number of rotatable bonds is 11. The maximum Gasteiger partial charge on any atom is 0.460 e. The summed E-state index contributed by atoms with van der Waals surface area (Å²) in [4.78, 5) is 18.2. The number of carbonyl (C=O) groups excluding carboxylic acids is 1. The Morgan fingerprint density at radius 2 is 0.909 bits per heavy atom. The van der Waals surface area contributed by atoms with Crippen molar-refractivity contribution >= 4 is 23.8 Å². The second-order valence-electron chi connectivity index (χ2n) is 7.72. The number of alkyl halides is 21. The molecule has 0 spiro atoms. The van der Waals surface area contributed by atoms with E-state index < -0.39 is 93.9 Å². The van der Waals surface area contributed by atoms with Gasteiger partial charge in [-0.25, -0.2) is 0 Å². The van der Waals surface area contributed by atoms with Gasteiger partial charge in [-0.1, -0.05) is 4.48 Å². The molecule has 0 fully saturated rings. The van der Waals surface area contributed by atoms with Crippen LogP contribution in [0, 0.1) is 0 Å². The summed E-state index contributed by atoms with van der Waals surface area (Å²) in [5, 5.41) is -4.86. The molecule has 0 aromatic carbocycles. The molecule has 0 aliphatic heterocycles. The van der Waals surface area contributed by atoms with Crippen LogP contribution in [0.1, 0.15) is 0 Å². The number of hydrogen-bond acceptors (Lipinski definition) is 7. The van der Waals surface area contributed by atoms with Gasteiger partial charge in [-0.15, -0.1) is 5.12 Å². The molecule has 1 amide bonds. The molecule has 44 heavy (non-hydrogen) atoms. The average Bonchev–Trinajstić information content (AvgIpc) is 2.80. The third-order valence-corrected chi connectivity index (χ3v) is 4.74. The highest BCUT2D eigenvalue weighted by molar-refractivity contribution is 5.85. The Labute approximate surface area is 223 Å². The number of hydrogen-bond donors (Lipinski definition) is 3. The number of nitrogens with two attached hydrogens (primary N) is 2. The van der Waals surface area contributed by atoms with Gasteiger partial charge in [-0.3, -0.25) is 10.1 Å². The van der Waals surface area contributed by atoms with Gasteiger partial charge in [0, 0.05) is 0 Å². The highest BCUT2D eigenvalue weighted by atomic mass is 19.4. The van der Waals surface area contributed by atoms with E-state index in [4.69, 9.17) is 11.5 Å². The molecule has 8 nitrogen and oxygen atoms in total. The van der Waals surface area contributed by atoms with Crippen molar-refractivity contribution in [1.29, 1.82) is 0 Å². The van der Waals surface area contributed by atoms with Crippen molar-refractivity contribution in [3.05, 3.63) is 0 Å². The number of aromatic nitrogens is 3. The Bertz CT molecular complexity index is 1230. The van der Waals surface area contributed by atoms with Gasteiger partial charge in [0.15, 0.2) is 0 Å². The normalized spacial score (nSPS) is 15.3. The summed E-state index contributed by atoms with van der Waals surface area (Å²) in [6.07, 6.45) is -7.79. The molecule has 256 valence electrons. The number of nitrogen functional groups attached to an aromatic ring is 2. The van der Waals surface area contributed by atoms with Crippen LogP contribution >= 0.6 is 0 Å². The number of nitrogens with one attached hydrogen (secondary N) is 1. The zero-order valence-corrected chi connectivity index (χ0v) is 19.2. The van der Waals surface area contributed by atoms with E-state index in [-0.39, 0.29) is 0 Å². The number of amides is 1. The van der Waals surface area contributed by atoms with Crippen molar-refractivity contribution in [2.45, 2.75) is 59.7 Å². The van der Waals surface area contributed by atoms with Crippen LogP contribution in [0.25, 0.3) is 0 Å². The quantitative estimate of drug-likeness (QED) is 0.168. The largest absolute Gasteiger partial charge is 0.460 e. The van der Waals surface area contributed by atoms with Crippen LogP contribution < -0.4 is 21.9 Å². The van der Waals surface area contributed by atoms with Gasteiger partial charge in [0.25, 0.3) is 5.95 Å². The second kappa shape index (κ2) is 10.2. The molecular weight excluding hydrogens is 700 g/mol. The van der Waals surface area contributed by atoms with Crippen LogP contribution in [0.5, 0.6) is 0 Å². The van der Waals surface area contributed by atoms with Gasteiger partial charge >= 0.3 is 65.6 Å². The molecule has 0 aliphatic rings. The maximum absolute atomic E-state index is 13.9. The van der Waals surface area contributed by atoms with E-state index >= 15 is 0 Å². The Morgan fingerprint density at radius 1 is 0.545 bits per heavy atom. The molecule has 1 aromatic heterocycles. The Morgan fingerprint density at radius 3 is 1.27 bits per heavy atom. The zero-order valence-electron chi connectivity index (χ0n) is 19.2. The highest BCUT2D eigenvalue weighted by Crippen LogP contribution is 2.61. The Hall–Kier alpha value is -3.66. The maximum atomic E-state index is 13.9. The van der Waals surface area contributed by atoms with Crippen LogP contribution in [-0.4, -0.2) is 80.6 Å². The fourth-order valence-corrected chi connectivity index (χ4v) is 2.33. The van der Waals surface area contributed by atoms with Crippen LogP contribution in [0.15, 0.2) is 0 Å². The standard InChI is InChI=1S/C14H5F22N7O/c15-5(16,6(17,18)9(23,24)12(29,30)31)1(44)42-13(32,33)10(25,26)7(19,20)8(21,22)11(27,28)14(34,35)43(36)4-40-2(37)39-3(38)41-4/h(H,42,44)(H4,37,38,39,40,41). The molecule has 1 rings (SSSR count). The Kier molecular flexibility index (Phi) is 8.88. The van der Waals surface area contributed by atoms with E-state index in [0.717, 1.165) is 0 Å². The summed E-state index contributed by atoms with van der Waals surface area (Å²) in [6, 6.07) is -15.8. The van der Waals surface area contributed by atoms with E-state index in [1.807, 2.05) is 0 Å². The van der Waals surface area contributed by atoms with Crippen molar-refractivity contribution < 1.29 is 101 Å². The first kappa shape index (κ1) is 38.4. The molecule has 0 unspecified atom stereocenters. The molecule has 30 heteroatoms. The molecule has 0 atom stereocenters. The fraction of sp³-hybridized carbons (Fsp3) is 0.714. The molecule has 1 aromatic rings. The second-order valence-corrected chi connectivity index (χ2v) is 7.72. The first-order chi connectivity index (χ1) is 18.9. The van der Waals surface area contributed by atoms with Gasteiger partial charge in [-0.2, -0.15) is 107 Å². The van der Waals surface area contributed by atoms with E-state index in [1.165, 1.54) is 0 Å². The minimum absolute atomic E-state index is 1.50. The van der Waals surface area contributed by atoms with Crippen LogP contribution in [0.3, 0.4) is 0 Å². The lowest BCUT2D eigenvalue weighted by molar-refractivity contribution is -0.429. The van der Waals surface area contributed by atoms with Gasteiger partial charge in [0.05, 0.1) is 0 Å². The van der Waals surface area contributed by atoms with E-state index in [2.05, 4.69) is 15.0 Å². The van der Waals surface area contributed by atoms with Crippen molar-refractivity contribution in [3.63, 3.8) is 0 Å². The van der Waals surface area contributed by atoms with Gasteiger partial charge < -0.3 is 11.5 Å². The highest BCUT2D eigenvalue weighted by Gasteiger charge is 2.92. The predicted molar refractivity (Wildman–Crippen MR) is 91.0 cm³/mol. The molecule has 0 bridgehead atoms. The zero-order chi connectivity index (χ0) is 35.7. The molecule has 0 saturated heterocycles. The summed E-state index contributed by atoms with van der Waals surface area (Å²) in [5.41, 5.74) is 9.40. The molecule has 5 N–H and O–H groups in total. The van der Waals surface area contributed by atoms with E-state index in [1.54, 1.807) is 0 Å². The van der Waals surface area contributed by atoms with Gasteiger partial charge in [-0.05, 0) is 0 Å². The Balaban J connectivity index is 3.62.